The lowest BCUT2D eigenvalue weighted by Crippen LogP contribution is -2.28. The third-order valence-corrected chi connectivity index (χ3v) is 5.32. The molecular weight excluding hydrogens is 344 g/mol. The Balaban J connectivity index is 2.32. The van der Waals surface area contributed by atoms with Crippen molar-refractivity contribution < 1.29 is 8.42 Å². The number of anilines is 1. The predicted octanol–water partition coefficient (Wildman–Crippen LogP) is 1.59. The molecule has 1 heterocycles. The number of nitrogens with zero attached hydrogens (tertiary/aromatic N) is 3. The fourth-order valence-corrected chi connectivity index (χ4v) is 3.35. The summed E-state index contributed by atoms with van der Waals surface area (Å²) >= 11 is 3.26. The third kappa shape index (κ3) is 2.87. The molecule has 2 aromatic rings. The van der Waals surface area contributed by atoms with E-state index in [1.165, 1.54) is 17.4 Å². The van der Waals surface area contributed by atoms with E-state index in [-0.39, 0.29) is 17.1 Å². The Morgan fingerprint density at radius 3 is 2.70 bits per heavy atom. The Kier molecular flexibility index (Phi) is 4.17. The van der Waals surface area contributed by atoms with Gasteiger partial charge in [-0.05, 0) is 18.2 Å². The molecule has 0 atom stereocenters. The van der Waals surface area contributed by atoms with Gasteiger partial charge in [-0.3, -0.25) is 0 Å². The highest BCUT2D eigenvalue weighted by atomic mass is 79.9. The van der Waals surface area contributed by atoms with E-state index >= 15 is 0 Å². The Morgan fingerprint density at radius 1 is 1.45 bits per heavy atom. The van der Waals surface area contributed by atoms with E-state index in [1.54, 1.807) is 29.1 Å². The highest BCUT2D eigenvalue weighted by Gasteiger charge is 2.24. The van der Waals surface area contributed by atoms with Crippen LogP contribution >= 0.6 is 15.9 Å². The Hall–Kier alpha value is -1.38. The summed E-state index contributed by atoms with van der Waals surface area (Å²) in [6.45, 7) is 0.182. The molecule has 1 aromatic heterocycles. The van der Waals surface area contributed by atoms with Crippen molar-refractivity contribution in [1.82, 2.24) is 13.9 Å². The quantitative estimate of drug-likeness (QED) is 0.841. The Labute approximate surface area is 126 Å². The lowest BCUT2D eigenvalue weighted by atomic mass is 10.3. The van der Waals surface area contributed by atoms with Gasteiger partial charge in [0.25, 0.3) is 0 Å². The van der Waals surface area contributed by atoms with Gasteiger partial charge >= 0.3 is 0 Å². The van der Waals surface area contributed by atoms with Gasteiger partial charge < -0.3 is 10.3 Å². The SMILES string of the molecule is CN(Cc1nccn1C)S(=O)(=O)c1ccc(Br)cc1N. The summed E-state index contributed by atoms with van der Waals surface area (Å²) in [6.07, 6.45) is 3.40. The van der Waals surface area contributed by atoms with E-state index in [0.717, 1.165) is 4.47 Å². The highest BCUT2D eigenvalue weighted by molar-refractivity contribution is 9.10. The van der Waals surface area contributed by atoms with Crippen LogP contribution in [0.5, 0.6) is 0 Å². The van der Waals surface area contributed by atoms with Crippen LogP contribution in [0.2, 0.25) is 0 Å². The normalized spacial score (nSPS) is 12.0. The van der Waals surface area contributed by atoms with E-state index < -0.39 is 10.0 Å². The minimum absolute atomic E-state index is 0.0948. The predicted molar refractivity (Wildman–Crippen MR) is 80.4 cm³/mol. The fraction of sp³-hybridized carbons (Fsp3) is 0.250. The maximum Gasteiger partial charge on any atom is 0.245 e. The van der Waals surface area contributed by atoms with Gasteiger partial charge in [0.2, 0.25) is 10.0 Å². The zero-order valence-electron chi connectivity index (χ0n) is 11.1. The van der Waals surface area contributed by atoms with Crippen LogP contribution in [0.1, 0.15) is 5.82 Å². The molecule has 8 heteroatoms. The molecule has 0 spiro atoms. The molecule has 0 saturated heterocycles. The van der Waals surface area contributed by atoms with Crippen molar-refractivity contribution in [3.8, 4) is 0 Å². The zero-order chi connectivity index (χ0) is 14.9. The summed E-state index contributed by atoms with van der Waals surface area (Å²) in [4.78, 5) is 4.21. The van der Waals surface area contributed by atoms with E-state index in [2.05, 4.69) is 20.9 Å². The number of hydrogen-bond donors (Lipinski definition) is 1. The number of hydrogen-bond acceptors (Lipinski definition) is 4. The van der Waals surface area contributed by atoms with E-state index in [1.807, 2.05) is 7.05 Å². The molecule has 0 aliphatic rings. The van der Waals surface area contributed by atoms with Gasteiger partial charge in [0, 0.05) is 31.0 Å². The molecule has 0 unspecified atom stereocenters. The van der Waals surface area contributed by atoms with Gasteiger partial charge in [0.15, 0.2) is 0 Å². The Morgan fingerprint density at radius 2 is 2.15 bits per heavy atom. The lowest BCUT2D eigenvalue weighted by molar-refractivity contribution is 0.451. The molecule has 0 fully saturated rings. The fourth-order valence-electron chi connectivity index (χ4n) is 1.76. The first-order valence-corrected chi connectivity index (χ1v) is 8.03. The number of aryl methyl sites for hydroxylation is 1. The van der Waals surface area contributed by atoms with Crippen LogP contribution in [0.4, 0.5) is 5.69 Å². The van der Waals surface area contributed by atoms with Gasteiger partial charge in [0.1, 0.15) is 10.7 Å². The van der Waals surface area contributed by atoms with Crippen LogP contribution in [0, 0.1) is 0 Å². The number of nitrogen functional groups attached to an aromatic ring is 1. The molecule has 20 heavy (non-hydrogen) atoms. The minimum Gasteiger partial charge on any atom is -0.398 e. The third-order valence-electron chi connectivity index (χ3n) is 2.95. The van der Waals surface area contributed by atoms with Crippen LogP contribution in [-0.4, -0.2) is 29.3 Å². The van der Waals surface area contributed by atoms with Gasteiger partial charge in [0.05, 0.1) is 12.2 Å². The van der Waals surface area contributed by atoms with Crippen molar-refractivity contribution in [3.63, 3.8) is 0 Å². The zero-order valence-corrected chi connectivity index (χ0v) is 13.5. The topological polar surface area (TPSA) is 81.2 Å². The molecule has 0 amide bonds. The molecule has 6 nitrogen and oxygen atoms in total. The largest absolute Gasteiger partial charge is 0.398 e. The standard InChI is InChI=1S/C12H15BrN4O2S/c1-16-6-5-15-12(16)8-17(2)20(18,19)11-4-3-9(13)7-10(11)14/h3-7H,8,14H2,1-2H3. The van der Waals surface area contributed by atoms with Crippen LogP contribution in [0.15, 0.2) is 40.0 Å². The summed E-state index contributed by atoms with van der Waals surface area (Å²) in [5.41, 5.74) is 6.01. The molecule has 2 rings (SSSR count). The Bertz CT molecular complexity index is 727. The summed E-state index contributed by atoms with van der Waals surface area (Å²) in [5, 5.41) is 0. The second kappa shape index (κ2) is 5.55. The molecule has 108 valence electrons. The average molecular weight is 359 g/mol. The number of rotatable bonds is 4. The van der Waals surface area contributed by atoms with E-state index in [4.69, 9.17) is 5.73 Å². The van der Waals surface area contributed by atoms with Crippen molar-refractivity contribution >= 4 is 31.6 Å². The number of benzene rings is 1. The van der Waals surface area contributed by atoms with Crippen LogP contribution in [-0.2, 0) is 23.6 Å². The number of sulfonamides is 1. The van der Waals surface area contributed by atoms with Gasteiger partial charge in [-0.2, -0.15) is 4.31 Å². The highest BCUT2D eigenvalue weighted by Crippen LogP contribution is 2.25. The lowest BCUT2D eigenvalue weighted by Gasteiger charge is -2.18. The maximum atomic E-state index is 12.5. The van der Waals surface area contributed by atoms with Crippen LogP contribution in [0.25, 0.3) is 0 Å². The minimum atomic E-state index is -3.65. The number of nitrogens with two attached hydrogens (primary N) is 1. The molecule has 0 bridgehead atoms. The van der Waals surface area contributed by atoms with Crippen molar-refractivity contribution in [2.45, 2.75) is 11.4 Å². The molecule has 2 N–H and O–H groups in total. The van der Waals surface area contributed by atoms with Crippen molar-refractivity contribution in [2.75, 3.05) is 12.8 Å². The maximum absolute atomic E-state index is 12.5. The second-order valence-corrected chi connectivity index (χ2v) is 7.33. The summed E-state index contributed by atoms with van der Waals surface area (Å²) in [5.74, 6) is 0.659. The molecule has 0 aliphatic heterocycles. The molecule has 1 aromatic carbocycles. The smallest absolute Gasteiger partial charge is 0.245 e. The van der Waals surface area contributed by atoms with Gasteiger partial charge in [-0.15, -0.1) is 0 Å². The molecular formula is C12H15BrN4O2S. The first-order chi connectivity index (χ1) is 9.32. The summed E-state index contributed by atoms with van der Waals surface area (Å²) < 4.78 is 28.7. The van der Waals surface area contributed by atoms with E-state index in [0.29, 0.717) is 5.82 Å². The van der Waals surface area contributed by atoms with Crippen molar-refractivity contribution in [1.29, 1.82) is 0 Å². The molecule has 0 saturated carbocycles. The van der Waals surface area contributed by atoms with Crippen LogP contribution < -0.4 is 5.73 Å². The summed E-state index contributed by atoms with van der Waals surface area (Å²) in [7, 11) is -0.323. The monoisotopic (exact) mass is 358 g/mol. The van der Waals surface area contributed by atoms with Crippen molar-refractivity contribution in [2.24, 2.45) is 7.05 Å². The van der Waals surface area contributed by atoms with E-state index in [9.17, 15) is 8.42 Å². The van der Waals surface area contributed by atoms with Crippen LogP contribution in [0.3, 0.4) is 0 Å². The number of aromatic nitrogens is 2. The first-order valence-electron chi connectivity index (χ1n) is 5.80. The number of halogens is 1. The van der Waals surface area contributed by atoms with Gasteiger partial charge in [-0.1, -0.05) is 15.9 Å². The first kappa shape index (κ1) is 15.0. The number of imidazole rings is 1. The average Bonchev–Trinajstić information content (AvgIpc) is 2.74. The molecule has 0 aliphatic carbocycles. The molecule has 0 radical (unpaired) electrons. The van der Waals surface area contributed by atoms with Gasteiger partial charge in [-0.25, -0.2) is 13.4 Å². The summed E-state index contributed by atoms with van der Waals surface area (Å²) in [6, 6.07) is 4.71. The second-order valence-electron chi connectivity index (χ2n) is 4.40. The van der Waals surface area contributed by atoms with Crippen molar-refractivity contribution in [3.05, 3.63) is 40.9 Å².